The Morgan fingerprint density at radius 2 is 2.04 bits per heavy atom. The van der Waals surface area contributed by atoms with E-state index >= 15 is 0 Å². The average molecular weight is 364 g/mol. The average Bonchev–Trinajstić information content (AvgIpc) is 3.15. The number of hydrogen-bond donors (Lipinski definition) is 2. The first-order valence-corrected chi connectivity index (χ1v) is 8.91. The van der Waals surface area contributed by atoms with Crippen LogP contribution in [0.5, 0.6) is 5.75 Å². The molecule has 1 aromatic heterocycles. The molecule has 2 N–H and O–H groups in total. The van der Waals surface area contributed by atoms with Crippen LogP contribution in [0.3, 0.4) is 0 Å². The van der Waals surface area contributed by atoms with E-state index in [0.717, 1.165) is 11.1 Å². The minimum atomic E-state index is -0.268. The highest BCUT2D eigenvalue weighted by Gasteiger charge is 2.11. The number of ether oxygens (including phenoxy) is 1. The molecule has 6 heteroatoms. The van der Waals surface area contributed by atoms with Gasteiger partial charge in [-0.15, -0.1) is 0 Å². The van der Waals surface area contributed by atoms with Gasteiger partial charge >= 0.3 is 6.03 Å². The lowest BCUT2D eigenvalue weighted by atomic mass is 10.2. The van der Waals surface area contributed by atoms with Crippen LogP contribution in [0.2, 0.25) is 0 Å². The second kappa shape index (κ2) is 8.89. The van der Waals surface area contributed by atoms with E-state index in [2.05, 4.69) is 15.6 Å². The fourth-order valence-corrected chi connectivity index (χ4v) is 2.73. The van der Waals surface area contributed by atoms with Crippen LogP contribution < -0.4 is 15.4 Å². The van der Waals surface area contributed by atoms with Crippen molar-refractivity contribution in [2.75, 3.05) is 5.32 Å². The number of aromatic nitrogens is 2. The number of nitrogens with one attached hydrogen (secondary N) is 2. The van der Waals surface area contributed by atoms with E-state index in [0.29, 0.717) is 24.6 Å². The third-order valence-corrected chi connectivity index (χ3v) is 4.04. The maximum absolute atomic E-state index is 12.4. The number of nitrogens with zero attached hydrogens (tertiary/aromatic N) is 2. The van der Waals surface area contributed by atoms with Crippen molar-refractivity contribution in [1.29, 1.82) is 0 Å². The molecule has 0 aliphatic heterocycles. The lowest BCUT2D eigenvalue weighted by Gasteiger charge is -2.17. The highest BCUT2D eigenvalue weighted by Crippen LogP contribution is 2.26. The largest absolute Gasteiger partial charge is 0.487 e. The highest BCUT2D eigenvalue weighted by atomic mass is 16.5. The Bertz CT molecular complexity index is 863. The Morgan fingerprint density at radius 1 is 1.22 bits per heavy atom. The lowest BCUT2D eigenvalue weighted by molar-refractivity contribution is 0.247. The van der Waals surface area contributed by atoms with Gasteiger partial charge in [-0.3, -0.25) is 0 Å². The molecule has 3 rings (SSSR count). The fraction of sp³-hybridized carbons (Fsp3) is 0.238. The molecular formula is C21H24N4O2. The second-order valence-electron chi connectivity index (χ2n) is 6.53. The summed E-state index contributed by atoms with van der Waals surface area (Å²) >= 11 is 0. The number of benzene rings is 2. The first-order chi connectivity index (χ1) is 13.1. The number of imidazole rings is 1. The molecule has 1 unspecified atom stereocenters. The maximum atomic E-state index is 12.4. The second-order valence-corrected chi connectivity index (χ2v) is 6.53. The molecule has 3 aromatic rings. The van der Waals surface area contributed by atoms with Gasteiger partial charge in [0.1, 0.15) is 12.4 Å². The van der Waals surface area contributed by atoms with E-state index in [1.807, 2.05) is 73.1 Å². The smallest absolute Gasteiger partial charge is 0.319 e. The van der Waals surface area contributed by atoms with Crippen molar-refractivity contribution < 1.29 is 9.53 Å². The summed E-state index contributed by atoms with van der Waals surface area (Å²) in [5, 5.41) is 5.81. The zero-order valence-corrected chi connectivity index (χ0v) is 15.6. The zero-order chi connectivity index (χ0) is 19.1. The molecule has 0 aliphatic rings. The van der Waals surface area contributed by atoms with Gasteiger partial charge in [0.25, 0.3) is 0 Å². The predicted molar refractivity (Wildman–Crippen MR) is 106 cm³/mol. The quantitative estimate of drug-likeness (QED) is 0.666. The minimum Gasteiger partial charge on any atom is -0.487 e. The molecule has 0 saturated carbocycles. The van der Waals surface area contributed by atoms with E-state index < -0.39 is 0 Å². The van der Waals surface area contributed by atoms with Crippen molar-refractivity contribution in [3.8, 4) is 5.75 Å². The number of rotatable bonds is 7. The van der Waals surface area contributed by atoms with Gasteiger partial charge in [0.2, 0.25) is 0 Å². The van der Waals surface area contributed by atoms with Crippen LogP contribution in [-0.2, 0) is 13.2 Å². The zero-order valence-electron chi connectivity index (χ0n) is 15.6. The molecule has 6 nitrogen and oxygen atoms in total. The van der Waals surface area contributed by atoms with Crippen molar-refractivity contribution in [2.45, 2.75) is 33.0 Å². The van der Waals surface area contributed by atoms with Crippen molar-refractivity contribution in [3.63, 3.8) is 0 Å². The first kappa shape index (κ1) is 18.5. The summed E-state index contributed by atoms with van der Waals surface area (Å²) in [5.74, 6) is 0.649. The Labute approximate surface area is 159 Å². The van der Waals surface area contributed by atoms with Crippen molar-refractivity contribution in [1.82, 2.24) is 14.9 Å². The molecule has 2 amide bonds. The number of amides is 2. The summed E-state index contributed by atoms with van der Waals surface area (Å²) in [7, 11) is 0. The van der Waals surface area contributed by atoms with Gasteiger partial charge in [-0.2, -0.15) is 0 Å². The number of carbonyl (C=O) groups is 1. The Hall–Kier alpha value is -3.28. The molecule has 0 radical (unpaired) electrons. The van der Waals surface area contributed by atoms with Crippen molar-refractivity contribution in [3.05, 3.63) is 78.4 Å². The van der Waals surface area contributed by atoms with E-state index in [9.17, 15) is 4.79 Å². The van der Waals surface area contributed by atoms with E-state index in [1.165, 1.54) is 0 Å². The van der Waals surface area contributed by atoms with Gasteiger partial charge in [-0.1, -0.05) is 36.4 Å². The number of carbonyl (C=O) groups excluding carboxylic acids is 1. The molecular weight excluding hydrogens is 340 g/mol. The van der Waals surface area contributed by atoms with Gasteiger partial charge in [0, 0.05) is 25.0 Å². The summed E-state index contributed by atoms with van der Waals surface area (Å²) in [6, 6.07) is 15.4. The van der Waals surface area contributed by atoms with Gasteiger partial charge in [-0.25, -0.2) is 9.78 Å². The van der Waals surface area contributed by atoms with Gasteiger partial charge in [-0.05, 0) is 37.1 Å². The molecule has 2 aromatic carbocycles. The highest BCUT2D eigenvalue weighted by molar-refractivity contribution is 5.91. The van der Waals surface area contributed by atoms with Gasteiger partial charge in [0.05, 0.1) is 12.0 Å². The van der Waals surface area contributed by atoms with Crippen LogP contribution in [0.15, 0.2) is 67.3 Å². The lowest BCUT2D eigenvalue weighted by Crippen LogP contribution is -2.38. The summed E-state index contributed by atoms with van der Waals surface area (Å²) in [5.41, 5.74) is 2.78. The van der Waals surface area contributed by atoms with E-state index in [4.69, 9.17) is 4.74 Å². The maximum Gasteiger partial charge on any atom is 0.319 e. The van der Waals surface area contributed by atoms with Gasteiger partial charge < -0.3 is 19.9 Å². The summed E-state index contributed by atoms with van der Waals surface area (Å²) < 4.78 is 7.86. The van der Waals surface area contributed by atoms with Crippen molar-refractivity contribution in [2.24, 2.45) is 0 Å². The SMILES string of the molecule is Cc1ccc(NC(=O)NC(C)Cn2ccnc2)c(OCc2ccccc2)c1. The number of hydrogen-bond acceptors (Lipinski definition) is 3. The van der Waals surface area contributed by atoms with Crippen LogP contribution in [0, 0.1) is 6.92 Å². The molecule has 0 aliphatic carbocycles. The first-order valence-electron chi connectivity index (χ1n) is 8.91. The minimum absolute atomic E-state index is 0.0432. The number of aryl methyl sites for hydroxylation is 1. The normalized spacial score (nSPS) is 11.6. The van der Waals surface area contributed by atoms with Crippen LogP contribution in [0.4, 0.5) is 10.5 Å². The standard InChI is InChI=1S/C21H24N4O2/c1-16-8-9-19(20(12-16)27-14-18-6-4-3-5-7-18)24-21(26)23-17(2)13-25-11-10-22-15-25/h3-12,15,17H,13-14H2,1-2H3,(H2,23,24,26). The predicted octanol–water partition coefficient (Wildman–Crippen LogP) is 3.98. The summed E-state index contributed by atoms with van der Waals surface area (Å²) in [6.45, 7) is 5.03. The molecule has 27 heavy (non-hydrogen) atoms. The van der Waals surface area contributed by atoms with Crippen LogP contribution in [-0.4, -0.2) is 21.6 Å². The molecule has 140 valence electrons. The fourth-order valence-electron chi connectivity index (χ4n) is 2.73. The molecule has 0 saturated heterocycles. The third-order valence-electron chi connectivity index (χ3n) is 4.04. The molecule has 1 atom stereocenters. The Morgan fingerprint density at radius 3 is 2.78 bits per heavy atom. The molecule has 1 heterocycles. The topological polar surface area (TPSA) is 68.2 Å². The van der Waals surface area contributed by atoms with Crippen molar-refractivity contribution >= 4 is 11.7 Å². The third kappa shape index (κ3) is 5.60. The monoisotopic (exact) mass is 364 g/mol. The van der Waals surface area contributed by atoms with Crippen LogP contribution in [0.25, 0.3) is 0 Å². The number of anilines is 1. The van der Waals surface area contributed by atoms with Crippen LogP contribution >= 0.6 is 0 Å². The number of urea groups is 1. The summed E-state index contributed by atoms with van der Waals surface area (Å²) in [4.78, 5) is 16.4. The summed E-state index contributed by atoms with van der Waals surface area (Å²) in [6.07, 6.45) is 5.31. The van der Waals surface area contributed by atoms with E-state index in [-0.39, 0.29) is 12.1 Å². The molecule has 0 bridgehead atoms. The van der Waals surface area contributed by atoms with Crippen LogP contribution in [0.1, 0.15) is 18.1 Å². The molecule has 0 fully saturated rings. The Kier molecular flexibility index (Phi) is 6.10. The Balaban J connectivity index is 1.60. The van der Waals surface area contributed by atoms with Gasteiger partial charge in [0.15, 0.2) is 0 Å². The van der Waals surface area contributed by atoms with E-state index in [1.54, 1.807) is 12.5 Å². The molecule has 0 spiro atoms.